The second kappa shape index (κ2) is 11.4. The lowest BCUT2D eigenvalue weighted by Gasteiger charge is -2.04. The lowest BCUT2D eigenvalue weighted by Crippen LogP contribution is -2.18. The third kappa shape index (κ3) is 11.4. The van der Waals surface area contributed by atoms with Gasteiger partial charge >= 0.3 is 0 Å². The topological polar surface area (TPSA) is 47.6 Å². The lowest BCUT2D eigenvalue weighted by molar-refractivity contribution is -0.109. The zero-order chi connectivity index (χ0) is 9.78. The maximum absolute atomic E-state index is 9.82. The van der Waals surface area contributed by atoms with E-state index in [0.29, 0.717) is 32.8 Å². The van der Waals surface area contributed by atoms with Crippen LogP contribution in [0.3, 0.4) is 0 Å². The number of unbranched alkanes of at least 4 members (excludes halogenated alkanes) is 1. The van der Waals surface area contributed by atoms with E-state index in [4.69, 9.17) is 9.47 Å². The van der Waals surface area contributed by atoms with Gasteiger partial charge in [0.2, 0.25) is 6.41 Å². The number of amides is 1. The molecule has 4 nitrogen and oxygen atoms in total. The molecule has 0 bridgehead atoms. The smallest absolute Gasteiger partial charge is 0.207 e. The molecule has 13 heavy (non-hydrogen) atoms. The molecule has 0 rings (SSSR count). The maximum Gasteiger partial charge on any atom is 0.207 e. The first-order chi connectivity index (χ1) is 6.41. The summed E-state index contributed by atoms with van der Waals surface area (Å²) in [7, 11) is 0. The van der Waals surface area contributed by atoms with E-state index >= 15 is 0 Å². The van der Waals surface area contributed by atoms with Crippen molar-refractivity contribution < 1.29 is 14.3 Å². The van der Waals surface area contributed by atoms with E-state index in [-0.39, 0.29) is 0 Å². The molecule has 78 valence electrons. The van der Waals surface area contributed by atoms with Gasteiger partial charge < -0.3 is 14.8 Å². The molecule has 0 saturated carbocycles. The summed E-state index contributed by atoms with van der Waals surface area (Å²) in [6.07, 6.45) is 2.93. The number of rotatable bonds is 10. The van der Waals surface area contributed by atoms with Crippen molar-refractivity contribution in [2.75, 3.05) is 33.0 Å². The zero-order valence-corrected chi connectivity index (χ0v) is 8.25. The highest BCUT2D eigenvalue weighted by Gasteiger charge is 1.89. The quantitative estimate of drug-likeness (QED) is 0.403. The highest BCUT2D eigenvalue weighted by atomic mass is 16.5. The van der Waals surface area contributed by atoms with Crippen molar-refractivity contribution in [3.05, 3.63) is 0 Å². The summed E-state index contributed by atoms with van der Waals surface area (Å²) in [5.41, 5.74) is 0. The molecule has 0 fully saturated rings. The predicted octanol–water partition coefficient (Wildman–Crippen LogP) is 0.566. The Morgan fingerprint density at radius 2 is 1.85 bits per heavy atom. The van der Waals surface area contributed by atoms with E-state index in [9.17, 15) is 4.79 Å². The first kappa shape index (κ1) is 12.4. The molecular weight excluding hydrogens is 170 g/mol. The zero-order valence-electron chi connectivity index (χ0n) is 8.25. The van der Waals surface area contributed by atoms with Crippen LogP contribution in [0.1, 0.15) is 19.8 Å². The molecule has 0 aliphatic rings. The van der Waals surface area contributed by atoms with Gasteiger partial charge in [0.05, 0.1) is 19.8 Å². The molecule has 0 radical (unpaired) electrons. The van der Waals surface area contributed by atoms with Gasteiger partial charge in [0.1, 0.15) is 0 Å². The van der Waals surface area contributed by atoms with Gasteiger partial charge in [-0.1, -0.05) is 13.3 Å². The van der Waals surface area contributed by atoms with Gasteiger partial charge in [0.25, 0.3) is 0 Å². The van der Waals surface area contributed by atoms with Crippen molar-refractivity contribution in [3.8, 4) is 0 Å². The molecule has 1 amide bonds. The molecule has 1 N–H and O–H groups in total. The first-order valence-electron chi connectivity index (χ1n) is 4.74. The summed E-state index contributed by atoms with van der Waals surface area (Å²) in [5.74, 6) is 0. The lowest BCUT2D eigenvalue weighted by atomic mass is 10.4. The van der Waals surface area contributed by atoms with Crippen LogP contribution in [0.2, 0.25) is 0 Å². The summed E-state index contributed by atoms with van der Waals surface area (Å²) < 4.78 is 10.4. The molecule has 0 heterocycles. The minimum absolute atomic E-state index is 0.551. The van der Waals surface area contributed by atoms with Crippen LogP contribution in [0.25, 0.3) is 0 Å². The summed E-state index contributed by atoms with van der Waals surface area (Å²) in [6.45, 7) is 5.30. The number of ether oxygens (including phenoxy) is 2. The van der Waals surface area contributed by atoms with E-state index in [1.807, 2.05) is 0 Å². The Morgan fingerprint density at radius 1 is 1.15 bits per heavy atom. The Bertz CT molecular complexity index is 109. The van der Waals surface area contributed by atoms with Gasteiger partial charge in [-0.25, -0.2) is 0 Å². The van der Waals surface area contributed by atoms with Crippen LogP contribution >= 0.6 is 0 Å². The predicted molar refractivity (Wildman–Crippen MR) is 50.6 cm³/mol. The average molecular weight is 189 g/mol. The normalized spacial score (nSPS) is 9.92. The van der Waals surface area contributed by atoms with E-state index in [2.05, 4.69) is 12.2 Å². The van der Waals surface area contributed by atoms with E-state index in [1.54, 1.807) is 0 Å². The number of carbonyl (C=O) groups excluding carboxylic acids is 1. The molecule has 0 aromatic rings. The van der Waals surface area contributed by atoms with Gasteiger partial charge in [0.15, 0.2) is 0 Å². The molecule has 0 unspecified atom stereocenters. The van der Waals surface area contributed by atoms with Crippen LogP contribution in [0.4, 0.5) is 0 Å². The fourth-order valence-electron chi connectivity index (χ4n) is 0.758. The summed E-state index contributed by atoms with van der Waals surface area (Å²) in [4.78, 5) is 9.82. The van der Waals surface area contributed by atoms with Crippen molar-refractivity contribution in [3.63, 3.8) is 0 Å². The largest absolute Gasteiger partial charge is 0.379 e. The fraction of sp³-hybridized carbons (Fsp3) is 0.889. The van der Waals surface area contributed by atoms with Gasteiger partial charge in [-0.2, -0.15) is 0 Å². The minimum atomic E-state index is 0.551. The van der Waals surface area contributed by atoms with Crippen molar-refractivity contribution >= 4 is 6.41 Å². The average Bonchev–Trinajstić information content (AvgIpc) is 2.16. The Labute approximate surface area is 79.6 Å². The van der Waals surface area contributed by atoms with Crippen molar-refractivity contribution in [1.82, 2.24) is 5.32 Å². The summed E-state index contributed by atoms with van der Waals surface area (Å²) in [6, 6.07) is 0. The van der Waals surface area contributed by atoms with Crippen LogP contribution in [-0.4, -0.2) is 39.4 Å². The molecule has 4 heteroatoms. The molecule has 0 aliphatic carbocycles. The van der Waals surface area contributed by atoms with Crippen LogP contribution < -0.4 is 5.32 Å². The number of carbonyl (C=O) groups is 1. The number of hydrogen-bond donors (Lipinski definition) is 1. The van der Waals surface area contributed by atoms with Crippen molar-refractivity contribution in [1.29, 1.82) is 0 Å². The SMILES string of the molecule is CCCCOCCOCCNC=O. The van der Waals surface area contributed by atoms with Crippen LogP contribution in [0, 0.1) is 0 Å². The monoisotopic (exact) mass is 189 g/mol. The van der Waals surface area contributed by atoms with Gasteiger partial charge in [-0.3, -0.25) is 4.79 Å². The highest BCUT2D eigenvalue weighted by Crippen LogP contribution is 1.87. The van der Waals surface area contributed by atoms with Crippen molar-refractivity contribution in [2.45, 2.75) is 19.8 Å². The van der Waals surface area contributed by atoms with Crippen molar-refractivity contribution in [2.24, 2.45) is 0 Å². The van der Waals surface area contributed by atoms with Crippen LogP contribution in [0.15, 0.2) is 0 Å². The summed E-state index contributed by atoms with van der Waals surface area (Å²) >= 11 is 0. The Kier molecular flexibility index (Phi) is 10.9. The first-order valence-corrected chi connectivity index (χ1v) is 4.74. The van der Waals surface area contributed by atoms with E-state index in [0.717, 1.165) is 19.4 Å². The Balaban J connectivity index is 2.79. The fourth-order valence-corrected chi connectivity index (χ4v) is 0.758. The third-order valence-electron chi connectivity index (χ3n) is 1.49. The van der Waals surface area contributed by atoms with Gasteiger partial charge in [-0.05, 0) is 6.42 Å². The number of hydrogen-bond acceptors (Lipinski definition) is 3. The second-order valence-corrected chi connectivity index (χ2v) is 2.65. The van der Waals surface area contributed by atoms with Crippen LogP contribution in [-0.2, 0) is 14.3 Å². The van der Waals surface area contributed by atoms with Gasteiger partial charge in [0, 0.05) is 13.2 Å². The Morgan fingerprint density at radius 3 is 2.46 bits per heavy atom. The Hall–Kier alpha value is -0.610. The van der Waals surface area contributed by atoms with Gasteiger partial charge in [-0.15, -0.1) is 0 Å². The molecule has 0 atom stereocenters. The molecule has 0 aromatic heterocycles. The minimum Gasteiger partial charge on any atom is -0.379 e. The highest BCUT2D eigenvalue weighted by molar-refractivity contribution is 5.45. The second-order valence-electron chi connectivity index (χ2n) is 2.65. The molecule has 0 spiro atoms. The standard InChI is InChI=1S/C9H19NO3/c1-2-3-5-12-7-8-13-6-4-10-9-11/h9H,2-8H2,1H3,(H,10,11). The molecule has 0 saturated heterocycles. The van der Waals surface area contributed by atoms with Crippen LogP contribution in [0.5, 0.6) is 0 Å². The maximum atomic E-state index is 9.82. The molecule has 0 aliphatic heterocycles. The third-order valence-corrected chi connectivity index (χ3v) is 1.49. The van der Waals surface area contributed by atoms with E-state index < -0.39 is 0 Å². The summed E-state index contributed by atoms with van der Waals surface area (Å²) in [5, 5.41) is 2.51. The molecule has 0 aromatic carbocycles. The number of nitrogens with one attached hydrogen (secondary N) is 1. The molecular formula is C9H19NO3. The van der Waals surface area contributed by atoms with E-state index in [1.165, 1.54) is 0 Å².